The first-order chi connectivity index (χ1) is 13.7. The summed E-state index contributed by atoms with van der Waals surface area (Å²) in [6.45, 7) is 4.78. The predicted octanol–water partition coefficient (Wildman–Crippen LogP) is 5.05. The van der Waals surface area contributed by atoms with E-state index in [4.69, 9.17) is 4.74 Å². The molecule has 148 valence electrons. The van der Waals surface area contributed by atoms with E-state index in [9.17, 15) is 4.79 Å². The molecule has 3 heteroatoms. The molecular formula is C25H31NO2. The molecule has 0 bridgehead atoms. The molecule has 28 heavy (non-hydrogen) atoms. The fourth-order valence-electron chi connectivity index (χ4n) is 4.20. The van der Waals surface area contributed by atoms with Crippen molar-refractivity contribution in [2.75, 3.05) is 13.7 Å². The van der Waals surface area contributed by atoms with E-state index in [-0.39, 0.29) is 11.9 Å². The Morgan fingerprint density at radius 1 is 1.14 bits per heavy atom. The molecule has 0 aliphatic carbocycles. The van der Waals surface area contributed by atoms with Crippen LogP contribution in [-0.2, 0) is 17.6 Å². The van der Waals surface area contributed by atoms with E-state index >= 15 is 0 Å². The van der Waals surface area contributed by atoms with Crippen LogP contribution in [0.25, 0.3) is 0 Å². The third-order valence-corrected chi connectivity index (χ3v) is 5.74. The van der Waals surface area contributed by atoms with E-state index in [1.165, 1.54) is 11.1 Å². The minimum Gasteiger partial charge on any atom is -0.497 e. The second-order valence-electron chi connectivity index (χ2n) is 7.69. The fourth-order valence-corrected chi connectivity index (χ4v) is 4.20. The Morgan fingerprint density at radius 3 is 2.57 bits per heavy atom. The minimum absolute atomic E-state index is 0.265. The van der Waals surface area contributed by atoms with Crippen molar-refractivity contribution in [1.82, 2.24) is 4.90 Å². The van der Waals surface area contributed by atoms with Crippen molar-refractivity contribution in [3.63, 3.8) is 0 Å². The van der Waals surface area contributed by atoms with Gasteiger partial charge in [-0.2, -0.15) is 0 Å². The number of carbonyl (C=O) groups is 1. The zero-order chi connectivity index (χ0) is 19.8. The summed E-state index contributed by atoms with van der Waals surface area (Å²) in [6, 6.07) is 19.0. The van der Waals surface area contributed by atoms with Gasteiger partial charge in [0.25, 0.3) is 0 Å². The molecule has 2 aromatic rings. The van der Waals surface area contributed by atoms with E-state index in [0.29, 0.717) is 12.3 Å². The molecule has 2 atom stereocenters. The number of piperidine rings is 1. The van der Waals surface area contributed by atoms with Gasteiger partial charge in [0.15, 0.2) is 0 Å². The van der Waals surface area contributed by atoms with Crippen LogP contribution in [0.5, 0.6) is 5.75 Å². The van der Waals surface area contributed by atoms with Crippen molar-refractivity contribution >= 4 is 5.91 Å². The maximum Gasteiger partial charge on any atom is 0.223 e. The summed E-state index contributed by atoms with van der Waals surface area (Å²) in [6.07, 6.45) is 7.41. The molecule has 0 spiro atoms. The maximum absolute atomic E-state index is 12.9. The largest absolute Gasteiger partial charge is 0.497 e. The lowest BCUT2D eigenvalue weighted by Crippen LogP contribution is -2.46. The zero-order valence-corrected chi connectivity index (χ0v) is 16.8. The molecule has 3 rings (SSSR count). The van der Waals surface area contributed by atoms with E-state index in [1.807, 2.05) is 30.3 Å². The van der Waals surface area contributed by atoms with Gasteiger partial charge in [0, 0.05) is 19.0 Å². The smallest absolute Gasteiger partial charge is 0.223 e. The number of carbonyl (C=O) groups excluding carboxylic acids is 1. The third-order valence-electron chi connectivity index (χ3n) is 5.74. The van der Waals surface area contributed by atoms with Crippen LogP contribution in [0, 0.1) is 5.92 Å². The van der Waals surface area contributed by atoms with Crippen LogP contribution >= 0.6 is 0 Å². The molecule has 1 amide bonds. The molecular weight excluding hydrogens is 346 g/mol. The van der Waals surface area contributed by atoms with E-state index < -0.39 is 0 Å². The maximum atomic E-state index is 12.9. The molecule has 0 unspecified atom stereocenters. The van der Waals surface area contributed by atoms with Crippen molar-refractivity contribution in [1.29, 1.82) is 0 Å². The molecule has 2 aromatic carbocycles. The van der Waals surface area contributed by atoms with Gasteiger partial charge in [-0.05, 0) is 61.3 Å². The van der Waals surface area contributed by atoms with Crippen LogP contribution in [0.1, 0.15) is 36.8 Å². The van der Waals surface area contributed by atoms with Gasteiger partial charge in [-0.1, -0.05) is 48.5 Å². The number of aryl methyl sites for hydroxylation is 1. The Balaban J connectivity index is 1.55. The Kier molecular flexibility index (Phi) is 7.30. The summed E-state index contributed by atoms with van der Waals surface area (Å²) in [7, 11) is 1.67. The van der Waals surface area contributed by atoms with Crippen LogP contribution in [0.2, 0.25) is 0 Å². The summed E-state index contributed by atoms with van der Waals surface area (Å²) in [5.74, 6) is 1.75. The van der Waals surface area contributed by atoms with E-state index in [0.717, 1.165) is 44.4 Å². The molecule has 3 nitrogen and oxygen atoms in total. The molecule has 0 saturated carbocycles. The van der Waals surface area contributed by atoms with Crippen molar-refractivity contribution in [2.45, 2.75) is 44.6 Å². The molecule has 0 N–H and O–H groups in total. The van der Waals surface area contributed by atoms with Crippen LogP contribution in [0.15, 0.2) is 67.3 Å². The van der Waals surface area contributed by atoms with Crippen LogP contribution in [-0.4, -0.2) is 30.5 Å². The zero-order valence-electron chi connectivity index (χ0n) is 16.8. The molecule has 1 aliphatic heterocycles. The normalized spacial score (nSPS) is 19.2. The van der Waals surface area contributed by atoms with Crippen LogP contribution < -0.4 is 4.74 Å². The second kappa shape index (κ2) is 10.1. The highest BCUT2D eigenvalue weighted by Gasteiger charge is 2.30. The van der Waals surface area contributed by atoms with Crippen LogP contribution in [0.4, 0.5) is 0 Å². The lowest BCUT2D eigenvalue weighted by atomic mass is 9.84. The highest BCUT2D eigenvalue weighted by atomic mass is 16.5. The number of hydrogen-bond acceptors (Lipinski definition) is 2. The highest BCUT2D eigenvalue weighted by Crippen LogP contribution is 2.29. The summed E-state index contributed by atoms with van der Waals surface area (Å²) in [4.78, 5) is 15.0. The summed E-state index contributed by atoms with van der Waals surface area (Å²) in [5.41, 5.74) is 2.57. The quantitative estimate of drug-likeness (QED) is 0.602. The number of likely N-dealkylation sites (tertiary alicyclic amines) is 1. The molecule has 0 radical (unpaired) electrons. The number of methoxy groups -OCH3 is 1. The monoisotopic (exact) mass is 377 g/mol. The highest BCUT2D eigenvalue weighted by molar-refractivity contribution is 5.77. The SMILES string of the molecule is C=CC[C@@H]1C[C@@H](Cc2ccccc2)CCN1C(=O)CCc1ccc(OC)cc1. The third kappa shape index (κ3) is 5.48. The molecule has 0 aromatic heterocycles. The van der Waals surface area contributed by atoms with E-state index in [2.05, 4.69) is 41.8 Å². The minimum atomic E-state index is 0.265. The lowest BCUT2D eigenvalue weighted by Gasteiger charge is -2.39. The number of hydrogen-bond donors (Lipinski definition) is 0. The van der Waals surface area contributed by atoms with Crippen molar-refractivity contribution in [3.05, 3.63) is 78.4 Å². The Hall–Kier alpha value is -2.55. The molecule has 1 saturated heterocycles. The molecule has 1 heterocycles. The van der Waals surface area contributed by atoms with E-state index in [1.54, 1.807) is 7.11 Å². The fraction of sp³-hybridized carbons (Fsp3) is 0.400. The Morgan fingerprint density at radius 2 is 1.89 bits per heavy atom. The summed E-state index contributed by atoms with van der Waals surface area (Å²) < 4.78 is 5.20. The first-order valence-corrected chi connectivity index (χ1v) is 10.3. The van der Waals surface area contributed by atoms with Crippen molar-refractivity contribution in [3.8, 4) is 5.75 Å². The first kappa shape index (κ1) is 20.2. The summed E-state index contributed by atoms with van der Waals surface area (Å²) >= 11 is 0. The number of nitrogens with zero attached hydrogens (tertiary/aromatic N) is 1. The number of ether oxygens (including phenoxy) is 1. The average molecular weight is 378 g/mol. The number of amides is 1. The van der Waals surface area contributed by atoms with Gasteiger partial charge in [-0.15, -0.1) is 6.58 Å². The lowest BCUT2D eigenvalue weighted by molar-refractivity contribution is -0.135. The first-order valence-electron chi connectivity index (χ1n) is 10.3. The van der Waals surface area contributed by atoms with Gasteiger partial charge in [0.05, 0.1) is 7.11 Å². The standard InChI is InChI=1S/C25H31NO2/c1-3-7-23-19-22(18-21-8-5-4-6-9-21)16-17-26(23)25(27)15-12-20-10-13-24(28-2)14-11-20/h3-6,8-11,13-14,22-23H,1,7,12,15-19H2,2H3/t22-,23-/m1/s1. The second-order valence-corrected chi connectivity index (χ2v) is 7.69. The van der Waals surface area contributed by atoms with Gasteiger partial charge >= 0.3 is 0 Å². The van der Waals surface area contributed by atoms with Crippen LogP contribution in [0.3, 0.4) is 0 Å². The molecule has 1 fully saturated rings. The number of benzene rings is 2. The predicted molar refractivity (Wildman–Crippen MR) is 115 cm³/mol. The Labute approximate surface area is 169 Å². The van der Waals surface area contributed by atoms with Gasteiger partial charge < -0.3 is 9.64 Å². The Bertz CT molecular complexity index is 754. The average Bonchev–Trinajstić information content (AvgIpc) is 2.73. The van der Waals surface area contributed by atoms with Gasteiger partial charge in [0.2, 0.25) is 5.91 Å². The summed E-state index contributed by atoms with van der Waals surface area (Å²) in [5, 5.41) is 0. The molecule has 1 aliphatic rings. The van der Waals surface area contributed by atoms with Gasteiger partial charge in [0.1, 0.15) is 5.75 Å². The van der Waals surface area contributed by atoms with Gasteiger partial charge in [-0.25, -0.2) is 0 Å². The van der Waals surface area contributed by atoms with Crippen molar-refractivity contribution in [2.24, 2.45) is 5.92 Å². The number of rotatable bonds is 8. The topological polar surface area (TPSA) is 29.5 Å². The van der Waals surface area contributed by atoms with Crippen molar-refractivity contribution < 1.29 is 9.53 Å². The van der Waals surface area contributed by atoms with Gasteiger partial charge in [-0.3, -0.25) is 4.79 Å².